The first-order valence-electron chi connectivity index (χ1n) is 3.87. The molecular weight excluding hydrogens is 128 g/mol. The fraction of sp³-hybridized carbons (Fsp3) is 1.00. The maximum atomic E-state index is 11.2. The molecule has 0 aromatic rings. The molecule has 57 valence electrons. The van der Waals surface area contributed by atoms with Crippen molar-refractivity contribution in [3.63, 3.8) is 0 Å². The number of fused-ring (bicyclic) bond motifs is 2. The van der Waals surface area contributed by atoms with E-state index in [9.17, 15) is 5.11 Å². The van der Waals surface area contributed by atoms with E-state index in [1.165, 1.54) is 0 Å². The summed E-state index contributed by atoms with van der Waals surface area (Å²) in [6, 6.07) is 0.566. The molecule has 0 saturated carbocycles. The summed E-state index contributed by atoms with van der Waals surface area (Å²) in [5.41, 5.74) is -0.106. The maximum absolute atomic E-state index is 11.2. The summed E-state index contributed by atoms with van der Waals surface area (Å²) in [4.78, 5) is 0. The van der Waals surface area contributed by atoms with Crippen LogP contribution in [-0.2, 0) is 5.11 Å². The standard InChI is InChI=1S/C7H13N2O/c1-5(10)7-2-6(3-9-7)8-4-7/h5-6,8-9H,2-4H2,1H3. The van der Waals surface area contributed by atoms with Crippen LogP contribution < -0.4 is 10.6 Å². The Bertz CT molecular complexity index is 139. The van der Waals surface area contributed by atoms with Crippen molar-refractivity contribution in [1.29, 1.82) is 0 Å². The molecule has 2 saturated heterocycles. The van der Waals surface area contributed by atoms with Crippen molar-refractivity contribution in [2.24, 2.45) is 0 Å². The van der Waals surface area contributed by atoms with Gasteiger partial charge in [0.1, 0.15) is 6.10 Å². The highest BCUT2D eigenvalue weighted by Crippen LogP contribution is 2.28. The van der Waals surface area contributed by atoms with Gasteiger partial charge >= 0.3 is 0 Å². The lowest BCUT2D eigenvalue weighted by Gasteiger charge is -2.29. The van der Waals surface area contributed by atoms with Crippen LogP contribution in [0, 0.1) is 0 Å². The third-order valence-electron chi connectivity index (χ3n) is 2.80. The minimum absolute atomic E-state index is 0.106. The van der Waals surface area contributed by atoms with Crippen LogP contribution >= 0.6 is 0 Å². The summed E-state index contributed by atoms with van der Waals surface area (Å²) >= 11 is 0. The zero-order chi connectivity index (χ0) is 7.19. The summed E-state index contributed by atoms with van der Waals surface area (Å²) in [7, 11) is 0. The zero-order valence-electron chi connectivity index (χ0n) is 6.18. The molecule has 3 nitrogen and oxygen atoms in total. The Balaban J connectivity index is 2.15. The number of hydrogen-bond acceptors (Lipinski definition) is 2. The number of hydrogen-bond donors (Lipinski definition) is 2. The van der Waals surface area contributed by atoms with Gasteiger partial charge in [0.2, 0.25) is 0 Å². The highest BCUT2D eigenvalue weighted by molar-refractivity contribution is 5.10. The Morgan fingerprint density at radius 1 is 1.70 bits per heavy atom. The van der Waals surface area contributed by atoms with Crippen LogP contribution in [0.1, 0.15) is 13.3 Å². The van der Waals surface area contributed by atoms with E-state index in [1.54, 1.807) is 6.92 Å². The van der Waals surface area contributed by atoms with Crippen molar-refractivity contribution < 1.29 is 5.11 Å². The third-order valence-corrected chi connectivity index (χ3v) is 2.80. The van der Waals surface area contributed by atoms with Gasteiger partial charge in [-0.15, -0.1) is 0 Å². The Morgan fingerprint density at radius 3 is 2.70 bits per heavy atom. The summed E-state index contributed by atoms with van der Waals surface area (Å²) < 4.78 is 0. The van der Waals surface area contributed by atoms with Crippen LogP contribution in [0.4, 0.5) is 0 Å². The number of nitrogens with one attached hydrogen (secondary N) is 2. The number of rotatable bonds is 1. The first-order valence-corrected chi connectivity index (χ1v) is 3.87. The second-order valence-electron chi connectivity index (χ2n) is 3.46. The molecule has 10 heavy (non-hydrogen) atoms. The molecule has 3 heteroatoms. The van der Waals surface area contributed by atoms with Crippen LogP contribution in [0.3, 0.4) is 0 Å². The van der Waals surface area contributed by atoms with E-state index in [-0.39, 0.29) is 5.54 Å². The van der Waals surface area contributed by atoms with Crippen LogP contribution in [0.15, 0.2) is 0 Å². The van der Waals surface area contributed by atoms with E-state index in [4.69, 9.17) is 0 Å². The molecule has 0 amide bonds. The molecule has 2 heterocycles. The normalized spacial score (nSPS) is 48.0. The van der Waals surface area contributed by atoms with Gasteiger partial charge in [0, 0.05) is 19.1 Å². The molecule has 0 aliphatic carbocycles. The van der Waals surface area contributed by atoms with Crippen molar-refractivity contribution in [2.75, 3.05) is 13.1 Å². The van der Waals surface area contributed by atoms with Gasteiger partial charge in [-0.3, -0.25) is 0 Å². The predicted molar refractivity (Wildman–Crippen MR) is 37.3 cm³/mol. The number of piperazine rings is 1. The SMILES string of the molecule is CC([O])C12CNC(CN1)C2. The molecule has 2 N–H and O–H groups in total. The van der Waals surface area contributed by atoms with E-state index >= 15 is 0 Å². The molecule has 2 aliphatic rings. The molecule has 2 aliphatic heterocycles. The van der Waals surface area contributed by atoms with Gasteiger partial charge in [-0.2, -0.15) is 0 Å². The summed E-state index contributed by atoms with van der Waals surface area (Å²) in [6.45, 7) is 3.59. The lowest BCUT2D eigenvalue weighted by molar-refractivity contribution is 0.0304. The van der Waals surface area contributed by atoms with E-state index in [1.807, 2.05) is 0 Å². The maximum Gasteiger partial charge on any atom is 0.110 e. The van der Waals surface area contributed by atoms with E-state index in [2.05, 4.69) is 10.6 Å². The first kappa shape index (κ1) is 6.58. The summed E-state index contributed by atoms with van der Waals surface area (Å²) in [5, 5.41) is 17.8. The molecule has 3 atom stereocenters. The van der Waals surface area contributed by atoms with Gasteiger partial charge in [-0.25, -0.2) is 5.11 Å². The van der Waals surface area contributed by atoms with Crippen LogP contribution in [0.5, 0.6) is 0 Å². The Kier molecular flexibility index (Phi) is 1.27. The van der Waals surface area contributed by atoms with Gasteiger partial charge in [0.25, 0.3) is 0 Å². The van der Waals surface area contributed by atoms with Gasteiger partial charge in [-0.1, -0.05) is 0 Å². The summed E-state index contributed by atoms with van der Waals surface area (Å²) in [5.74, 6) is 0. The zero-order valence-corrected chi connectivity index (χ0v) is 6.18. The highest BCUT2D eigenvalue weighted by Gasteiger charge is 2.48. The molecular formula is C7H13N2O. The first-order chi connectivity index (χ1) is 4.73. The molecule has 1 radical (unpaired) electrons. The topological polar surface area (TPSA) is 44.0 Å². The molecule has 2 rings (SSSR count). The van der Waals surface area contributed by atoms with Gasteiger partial charge in [0.15, 0.2) is 0 Å². The van der Waals surface area contributed by atoms with Crippen LogP contribution in [-0.4, -0.2) is 30.8 Å². The average molecular weight is 141 g/mol. The van der Waals surface area contributed by atoms with Crippen molar-refractivity contribution in [3.8, 4) is 0 Å². The fourth-order valence-electron chi connectivity index (χ4n) is 1.97. The molecule has 0 aromatic carbocycles. The third kappa shape index (κ3) is 0.713. The second kappa shape index (κ2) is 1.94. The fourth-order valence-corrected chi connectivity index (χ4v) is 1.97. The minimum Gasteiger partial charge on any atom is -0.311 e. The predicted octanol–water partition coefficient (Wildman–Crippen LogP) is -0.491. The van der Waals surface area contributed by atoms with Gasteiger partial charge < -0.3 is 10.6 Å². The van der Waals surface area contributed by atoms with Gasteiger partial charge in [0.05, 0.1) is 5.54 Å². The second-order valence-corrected chi connectivity index (χ2v) is 3.46. The molecule has 0 spiro atoms. The van der Waals surface area contributed by atoms with Crippen molar-refractivity contribution >= 4 is 0 Å². The van der Waals surface area contributed by atoms with Gasteiger partial charge in [-0.05, 0) is 13.3 Å². The average Bonchev–Trinajstić information content (AvgIpc) is 2.45. The molecule has 2 fully saturated rings. The minimum atomic E-state index is -0.479. The quantitative estimate of drug-likeness (QED) is 0.517. The molecule has 2 bridgehead atoms. The Hall–Kier alpha value is -0.120. The lowest BCUT2D eigenvalue weighted by Crippen LogP contribution is -2.55. The Labute approximate surface area is 60.8 Å². The lowest BCUT2D eigenvalue weighted by atomic mass is 9.94. The van der Waals surface area contributed by atoms with Crippen LogP contribution in [0.2, 0.25) is 0 Å². The van der Waals surface area contributed by atoms with Crippen LogP contribution in [0.25, 0.3) is 0 Å². The Morgan fingerprint density at radius 2 is 2.50 bits per heavy atom. The van der Waals surface area contributed by atoms with E-state index in [0.29, 0.717) is 6.04 Å². The molecule has 0 aromatic heterocycles. The van der Waals surface area contributed by atoms with Crippen molar-refractivity contribution in [2.45, 2.75) is 31.0 Å². The highest BCUT2D eigenvalue weighted by atomic mass is 16.3. The van der Waals surface area contributed by atoms with E-state index in [0.717, 1.165) is 19.5 Å². The smallest absolute Gasteiger partial charge is 0.110 e. The van der Waals surface area contributed by atoms with E-state index < -0.39 is 6.10 Å². The van der Waals surface area contributed by atoms with Crippen molar-refractivity contribution in [3.05, 3.63) is 0 Å². The monoisotopic (exact) mass is 141 g/mol. The van der Waals surface area contributed by atoms with Crippen molar-refractivity contribution in [1.82, 2.24) is 10.6 Å². The summed E-state index contributed by atoms with van der Waals surface area (Å²) in [6.07, 6.45) is 0.546. The largest absolute Gasteiger partial charge is 0.311 e. The molecule has 3 unspecified atom stereocenters.